The van der Waals surface area contributed by atoms with Crippen LogP contribution in [0.1, 0.15) is 48.0 Å². The summed E-state index contributed by atoms with van der Waals surface area (Å²) >= 11 is 0. The second-order valence-corrected chi connectivity index (χ2v) is 6.92. The van der Waals surface area contributed by atoms with Gasteiger partial charge in [0, 0.05) is 37.8 Å². The number of amides is 1. The van der Waals surface area contributed by atoms with Crippen LogP contribution < -0.4 is 5.32 Å². The molecule has 1 amide bonds. The van der Waals surface area contributed by atoms with Gasteiger partial charge >= 0.3 is 0 Å². The van der Waals surface area contributed by atoms with Gasteiger partial charge in [-0.2, -0.15) is 0 Å². The van der Waals surface area contributed by atoms with Crippen molar-refractivity contribution in [2.45, 2.75) is 44.7 Å². The van der Waals surface area contributed by atoms with Crippen molar-refractivity contribution in [3.05, 3.63) is 35.4 Å². The van der Waals surface area contributed by atoms with Gasteiger partial charge in [-0.05, 0) is 63.4 Å². The van der Waals surface area contributed by atoms with Crippen LogP contribution in [-0.4, -0.2) is 55.0 Å². The van der Waals surface area contributed by atoms with Crippen LogP contribution in [0.25, 0.3) is 0 Å². The first-order valence-corrected chi connectivity index (χ1v) is 9.04. The van der Waals surface area contributed by atoms with E-state index in [0.717, 1.165) is 51.1 Å². The quantitative estimate of drug-likeness (QED) is 0.927. The first-order chi connectivity index (χ1) is 11.3. The monoisotopic (exact) mass is 315 g/mol. The van der Waals surface area contributed by atoms with Crippen LogP contribution in [0.15, 0.2) is 24.3 Å². The molecule has 0 bridgehead atoms. The molecule has 1 N–H and O–H groups in total. The lowest BCUT2D eigenvalue weighted by Gasteiger charge is -2.32. The molecule has 4 heteroatoms. The summed E-state index contributed by atoms with van der Waals surface area (Å²) in [6.07, 6.45) is 6.05. The van der Waals surface area contributed by atoms with Crippen LogP contribution >= 0.6 is 0 Å². The number of benzene rings is 1. The van der Waals surface area contributed by atoms with Crippen molar-refractivity contribution in [2.24, 2.45) is 0 Å². The normalized spacial score (nSPS) is 23.0. The number of rotatable bonds is 4. The average Bonchev–Trinajstić information content (AvgIpc) is 2.62. The molecule has 0 saturated carbocycles. The molecule has 1 aromatic carbocycles. The lowest BCUT2D eigenvalue weighted by molar-refractivity contribution is 0.0724. The van der Waals surface area contributed by atoms with Crippen molar-refractivity contribution in [2.75, 3.05) is 33.2 Å². The Balaban J connectivity index is 1.63. The molecule has 23 heavy (non-hydrogen) atoms. The first kappa shape index (κ1) is 16.5. The van der Waals surface area contributed by atoms with E-state index in [4.69, 9.17) is 0 Å². The van der Waals surface area contributed by atoms with E-state index in [9.17, 15) is 4.79 Å². The molecule has 2 aliphatic rings. The molecule has 4 nitrogen and oxygen atoms in total. The highest BCUT2D eigenvalue weighted by atomic mass is 16.2. The summed E-state index contributed by atoms with van der Waals surface area (Å²) in [5, 5.41) is 3.39. The molecule has 0 spiro atoms. The van der Waals surface area contributed by atoms with Gasteiger partial charge in [0.2, 0.25) is 0 Å². The fourth-order valence-corrected chi connectivity index (χ4v) is 3.78. The molecule has 3 rings (SSSR count). The van der Waals surface area contributed by atoms with Crippen molar-refractivity contribution in [3.63, 3.8) is 0 Å². The van der Waals surface area contributed by atoms with Gasteiger partial charge in [-0.1, -0.05) is 12.1 Å². The molecule has 0 aliphatic carbocycles. The number of carbonyl (C=O) groups excluding carboxylic acids is 1. The van der Waals surface area contributed by atoms with E-state index >= 15 is 0 Å². The van der Waals surface area contributed by atoms with Crippen molar-refractivity contribution in [1.82, 2.24) is 15.1 Å². The summed E-state index contributed by atoms with van der Waals surface area (Å²) in [5.41, 5.74) is 2.11. The number of hydrogen-bond donors (Lipinski definition) is 1. The number of piperidine rings is 2. The summed E-state index contributed by atoms with van der Waals surface area (Å²) in [5.74, 6) is 0.207. The summed E-state index contributed by atoms with van der Waals surface area (Å²) in [4.78, 5) is 17.2. The van der Waals surface area contributed by atoms with Crippen LogP contribution in [0, 0.1) is 0 Å². The van der Waals surface area contributed by atoms with Crippen molar-refractivity contribution in [1.29, 1.82) is 0 Å². The third-order valence-corrected chi connectivity index (χ3v) is 5.14. The average molecular weight is 315 g/mol. The molecule has 2 fully saturated rings. The Kier molecular flexibility index (Phi) is 5.68. The van der Waals surface area contributed by atoms with Crippen molar-refractivity contribution < 1.29 is 4.79 Å². The van der Waals surface area contributed by atoms with Gasteiger partial charge in [-0.15, -0.1) is 0 Å². The van der Waals surface area contributed by atoms with E-state index in [1.54, 1.807) is 0 Å². The summed E-state index contributed by atoms with van der Waals surface area (Å²) in [6, 6.07) is 8.84. The van der Waals surface area contributed by atoms with Crippen LogP contribution in [-0.2, 0) is 6.54 Å². The smallest absolute Gasteiger partial charge is 0.253 e. The summed E-state index contributed by atoms with van der Waals surface area (Å²) in [7, 11) is 2.05. The Labute approximate surface area is 139 Å². The van der Waals surface area contributed by atoms with Gasteiger partial charge < -0.3 is 10.2 Å². The molecule has 2 heterocycles. The van der Waals surface area contributed by atoms with E-state index in [2.05, 4.69) is 22.3 Å². The maximum atomic E-state index is 12.6. The molecule has 1 unspecified atom stereocenters. The number of hydrogen-bond acceptors (Lipinski definition) is 3. The Morgan fingerprint density at radius 2 is 2.00 bits per heavy atom. The maximum absolute atomic E-state index is 12.6. The van der Waals surface area contributed by atoms with E-state index in [1.165, 1.54) is 24.8 Å². The first-order valence-electron chi connectivity index (χ1n) is 9.04. The predicted octanol–water partition coefficient (Wildman–Crippen LogP) is 2.50. The number of likely N-dealkylation sites (N-methyl/N-ethyl adjacent to an activating group) is 1. The highest BCUT2D eigenvalue weighted by Gasteiger charge is 2.20. The lowest BCUT2D eigenvalue weighted by atomic mass is 10.0. The Morgan fingerprint density at radius 1 is 1.17 bits per heavy atom. The van der Waals surface area contributed by atoms with E-state index in [0.29, 0.717) is 6.04 Å². The molecule has 0 aromatic heterocycles. The maximum Gasteiger partial charge on any atom is 0.253 e. The van der Waals surface area contributed by atoms with Gasteiger partial charge in [0.05, 0.1) is 0 Å². The number of carbonyl (C=O) groups is 1. The van der Waals surface area contributed by atoms with Crippen LogP contribution in [0.4, 0.5) is 0 Å². The number of nitrogens with one attached hydrogen (secondary N) is 1. The molecular formula is C19H29N3O. The van der Waals surface area contributed by atoms with E-state index in [-0.39, 0.29) is 5.91 Å². The van der Waals surface area contributed by atoms with E-state index in [1.807, 2.05) is 24.1 Å². The highest BCUT2D eigenvalue weighted by Crippen LogP contribution is 2.17. The lowest BCUT2D eigenvalue weighted by Crippen LogP contribution is -2.43. The van der Waals surface area contributed by atoms with Gasteiger partial charge in [0.15, 0.2) is 0 Å². The van der Waals surface area contributed by atoms with E-state index < -0.39 is 0 Å². The molecule has 1 aromatic rings. The van der Waals surface area contributed by atoms with Crippen LogP contribution in [0.2, 0.25) is 0 Å². The largest absolute Gasteiger partial charge is 0.339 e. The second-order valence-electron chi connectivity index (χ2n) is 6.92. The van der Waals surface area contributed by atoms with Gasteiger partial charge in [0.25, 0.3) is 5.91 Å². The minimum Gasteiger partial charge on any atom is -0.339 e. The zero-order valence-electron chi connectivity index (χ0n) is 14.3. The molecule has 126 valence electrons. The predicted molar refractivity (Wildman–Crippen MR) is 93.6 cm³/mol. The zero-order chi connectivity index (χ0) is 16.1. The SMILES string of the molecule is CNC1CCCN(Cc2cccc(C(=O)N3CCCCC3)c2)C1. The van der Waals surface area contributed by atoms with Crippen molar-refractivity contribution in [3.8, 4) is 0 Å². The third kappa shape index (κ3) is 4.33. The Hall–Kier alpha value is -1.39. The minimum atomic E-state index is 0.207. The Bertz CT molecular complexity index is 525. The number of likely N-dealkylation sites (tertiary alicyclic amines) is 2. The van der Waals surface area contributed by atoms with Crippen LogP contribution in [0.5, 0.6) is 0 Å². The summed E-state index contributed by atoms with van der Waals surface area (Å²) < 4.78 is 0. The topological polar surface area (TPSA) is 35.6 Å². The fourth-order valence-electron chi connectivity index (χ4n) is 3.78. The molecule has 0 radical (unpaired) electrons. The number of nitrogens with zero attached hydrogens (tertiary/aromatic N) is 2. The zero-order valence-corrected chi connectivity index (χ0v) is 14.3. The Morgan fingerprint density at radius 3 is 2.78 bits per heavy atom. The van der Waals surface area contributed by atoms with Crippen molar-refractivity contribution >= 4 is 5.91 Å². The standard InChI is InChI=1S/C19H29N3O/c1-20-18-9-6-10-21(15-18)14-16-7-5-8-17(13-16)19(23)22-11-3-2-4-12-22/h5,7-8,13,18,20H,2-4,6,9-12,14-15H2,1H3. The molecular weight excluding hydrogens is 286 g/mol. The highest BCUT2D eigenvalue weighted by molar-refractivity contribution is 5.94. The second kappa shape index (κ2) is 7.93. The van der Waals surface area contributed by atoms with Gasteiger partial charge in [-0.25, -0.2) is 0 Å². The van der Waals surface area contributed by atoms with Gasteiger partial charge in [-0.3, -0.25) is 9.69 Å². The minimum absolute atomic E-state index is 0.207. The van der Waals surface area contributed by atoms with Gasteiger partial charge in [0.1, 0.15) is 0 Å². The molecule has 1 atom stereocenters. The van der Waals surface area contributed by atoms with Crippen LogP contribution in [0.3, 0.4) is 0 Å². The summed E-state index contributed by atoms with van der Waals surface area (Å²) in [6.45, 7) is 5.03. The fraction of sp³-hybridized carbons (Fsp3) is 0.632. The molecule has 2 saturated heterocycles. The third-order valence-electron chi connectivity index (χ3n) is 5.14. The molecule has 2 aliphatic heterocycles.